The number of benzene rings is 1. The average molecular weight is 249 g/mol. The van der Waals surface area contributed by atoms with Crippen LogP contribution in [0.1, 0.15) is 16.2 Å². The number of pyridine rings is 1. The van der Waals surface area contributed by atoms with Crippen LogP contribution in [0.4, 0.5) is 0 Å². The first kappa shape index (κ1) is 11.5. The van der Waals surface area contributed by atoms with Gasteiger partial charge < -0.3 is 0 Å². The number of hydrogen-bond acceptors (Lipinski definition) is 4. The normalized spacial score (nSPS) is 10.5. The van der Waals surface area contributed by atoms with Crippen LogP contribution in [0.3, 0.4) is 0 Å². The van der Waals surface area contributed by atoms with Gasteiger partial charge in [0.1, 0.15) is 0 Å². The van der Waals surface area contributed by atoms with Crippen molar-refractivity contribution in [1.82, 2.24) is 15.0 Å². The Kier molecular flexibility index (Phi) is 2.98. The van der Waals surface area contributed by atoms with E-state index in [-0.39, 0.29) is 18.0 Å². The van der Waals surface area contributed by atoms with E-state index >= 15 is 0 Å². The van der Waals surface area contributed by atoms with E-state index in [1.807, 2.05) is 30.3 Å². The van der Waals surface area contributed by atoms with Crippen LogP contribution in [0.15, 0.2) is 55.0 Å². The molecule has 0 aliphatic carbocycles. The molecule has 0 N–H and O–H groups in total. The molecule has 0 atom stereocenters. The molecule has 3 aromatic rings. The number of Topliss-reactive ketones (excluding diaryl/α,β-unsaturated/α-hetero) is 1. The zero-order valence-electron chi connectivity index (χ0n) is 10.2. The van der Waals surface area contributed by atoms with Crippen LogP contribution in [0.5, 0.6) is 0 Å². The quantitative estimate of drug-likeness (QED) is 0.669. The van der Waals surface area contributed by atoms with Crippen LogP contribution >= 0.6 is 0 Å². The predicted molar refractivity (Wildman–Crippen MR) is 71.8 cm³/mol. The summed E-state index contributed by atoms with van der Waals surface area (Å²) in [6.07, 6.45) is 5.15. The second-order valence-corrected chi connectivity index (χ2v) is 4.16. The summed E-state index contributed by atoms with van der Waals surface area (Å²) in [4.78, 5) is 24.3. The summed E-state index contributed by atoms with van der Waals surface area (Å²) in [6, 6.07) is 11.3. The molecule has 0 radical (unpaired) electrons. The maximum Gasteiger partial charge on any atom is 0.204 e. The van der Waals surface area contributed by atoms with Crippen LogP contribution in [-0.2, 0) is 6.42 Å². The Bertz CT molecular complexity index is 720. The smallest absolute Gasteiger partial charge is 0.204 e. The summed E-state index contributed by atoms with van der Waals surface area (Å²) in [6.45, 7) is 0. The molecule has 0 aliphatic rings. The van der Waals surface area contributed by atoms with Gasteiger partial charge in [-0.3, -0.25) is 9.78 Å². The van der Waals surface area contributed by atoms with Crippen LogP contribution in [-0.4, -0.2) is 20.7 Å². The Morgan fingerprint density at radius 3 is 2.53 bits per heavy atom. The van der Waals surface area contributed by atoms with Gasteiger partial charge in [-0.15, -0.1) is 0 Å². The highest BCUT2D eigenvalue weighted by molar-refractivity contribution is 5.96. The highest BCUT2D eigenvalue weighted by atomic mass is 16.1. The minimum absolute atomic E-state index is 0.0862. The molecule has 0 fully saturated rings. The SMILES string of the molecule is O=C(Cc1ccnc2ccccc12)c1ncccn1. The summed E-state index contributed by atoms with van der Waals surface area (Å²) >= 11 is 0. The van der Waals surface area contributed by atoms with Crippen molar-refractivity contribution in [2.75, 3.05) is 0 Å². The van der Waals surface area contributed by atoms with Crippen molar-refractivity contribution in [3.05, 3.63) is 66.4 Å². The summed E-state index contributed by atoms with van der Waals surface area (Å²) in [5, 5.41) is 0.995. The molecule has 0 unspecified atom stereocenters. The van der Waals surface area contributed by atoms with E-state index in [4.69, 9.17) is 0 Å². The zero-order chi connectivity index (χ0) is 13.1. The van der Waals surface area contributed by atoms with Crippen LogP contribution in [0.2, 0.25) is 0 Å². The zero-order valence-corrected chi connectivity index (χ0v) is 10.2. The third kappa shape index (κ3) is 2.33. The Hall–Kier alpha value is -2.62. The van der Waals surface area contributed by atoms with Crippen molar-refractivity contribution in [3.8, 4) is 0 Å². The number of carbonyl (C=O) groups is 1. The summed E-state index contributed by atoms with van der Waals surface area (Å²) < 4.78 is 0. The third-order valence-corrected chi connectivity index (χ3v) is 2.91. The van der Waals surface area contributed by atoms with E-state index in [9.17, 15) is 4.79 Å². The van der Waals surface area contributed by atoms with Crippen molar-refractivity contribution < 1.29 is 4.79 Å². The summed E-state index contributed by atoms with van der Waals surface area (Å²) in [7, 11) is 0. The minimum Gasteiger partial charge on any atom is -0.290 e. The van der Waals surface area contributed by atoms with Crippen molar-refractivity contribution in [2.24, 2.45) is 0 Å². The average Bonchev–Trinajstić information content (AvgIpc) is 2.48. The van der Waals surface area contributed by atoms with Gasteiger partial charge in [0.05, 0.1) is 5.52 Å². The fourth-order valence-corrected chi connectivity index (χ4v) is 2.00. The molecule has 4 nitrogen and oxygen atoms in total. The Labute approximate surface area is 110 Å². The predicted octanol–water partition coefficient (Wildman–Crippen LogP) is 2.45. The maximum absolute atomic E-state index is 12.1. The van der Waals surface area contributed by atoms with E-state index < -0.39 is 0 Å². The van der Waals surface area contributed by atoms with Crippen molar-refractivity contribution in [1.29, 1.82) is 0 Å². The van der Waals surface area contributed by atoms with E-state index in [1.165, 1.54) is 0 Å². The fraction of sp³-hybridized carbons (Fsp3) is 0.0667. The van der Waals surface area contributed by atoms with Gasteiger partial charge >= 0.3 is 0 Å². The first-order valence-corrected chi connectivity index (χ1v) is 5.97. The lowest BCUT2D eigenvalue weighted by Crippen LogP contribution is -2.08. The number of ketones is 1. The topological polar surface area (TPSA) is 55.7 Å². The first-order valence-electron chi connectivity index (χ1n) is 5.97. The van der Waals surface area contributed by atoms with Crippen LogP contribution in [0, 0.1) is 0 Å². The third-order valence-electron chi connectivity index (χ3n) is 2.91. The number of nitrogens with zero attached hydrogens (tertiary/aromatic N) is 3. The molecule has 3 rings (SSSR count). The lowest BCUT2D eigenvalue weighted by Gasteiger charge is -2.04. The highest BCUT2D eigenvalue weighted by Crippen LogP contribution is 2.17. The molecule has 0 spiro atoms. The molecule has 0 bridgehead atoms. The van der Waals surface area contributed by atoms with Gasteiger partial charge in [-0.05, 0) is 23.8 Å². The number of hydrogen-bond donors (Lipinski definition) is 0. The fourth-order valence-electron chi connectivity index (χ4n) is 2.00. The molecule has 0 aliphatic heterocycles. The van der Waals surface area contributed by atoms with Gasteiger partial charge in [0, 0.05) is 30.4 Å². The van der Waals surface area contributed by atoms with Crippen molar-refractivity contribution in [2.45, 2.75) is 6.42 Å². The van der Waals surface area contributed by atoms with Gasteiger partial charge in [0.2, 0.25) is 5.78 Å². The molecule has 0 saturated carbocycles. The van der Waals surface area contributed by atoms with Crippen LogP contribution in [0.25, 0.3) is 10.9 Å². The Balaban J connectivity index is 1.96. The molecular formula is C15H11N3O. The molecular weight excluding hydrogens is 238 g/mol. The van der Waals surface area contributed by atoms with Gasteiger partial charge in [-0.2, -0.15) is 0 Å². The number of rotatable bonds is 3. The van der Waals surface area contributed by atoms with E-state index in [1.54, 1.807) is 24.7 Å². The molecule has 0 amide bonds. The Morgan fingerprint density at radius 1 is 0.895 bits per heavy atom. The summed E-state index contributed by atoms with van der Waals surface area (Å²) in [5.41, 5.74) is 1.84. The molecule has 4 heteroatoms. The molecule has 1 aromatic carbocycles. The number of para-hydroxylation sites is 1. The van der Waals surface area contributed by atoms with Crippen LogP contribution < -0.4 is 0 Å². The second-order valence-electron chi connectivity index (χ2n) is 4.16. The molecule has 2 heterocycles. The molecule has 19 heavy (non-hydrogen) atoms. The monoisotopic (exact) mass is 249 g/mol. The second kappa shape index (κ2) is 4.94. The standard InChI is InChI=1S/C15H11N3O/c19-14(15-17-7-3-8-18-15)10-11-6-9-16-13-5-2-1-4-12(11)13/h1-9H,10H2. The van der Waals surface area contributed by atoms with Gasteiger partial charge in [-0.1, -0.05) is 18.2 Å². The maximum atomic E-state index is 12.1. The largest absolute Gasteiger partial charge is 0.290 e. The van der Waals surface area contributed by atoms with E-state index in [2.05, 4.69) is 15.0 Å². The van der Waals surface area contributed by atoms with E-state index in [0.29, 0.717) is 0 Å². The minimum atomic E-state index is -0.0862. The lowest BCUT2D eigenvalue weighted by atomic mass is 10.0. The molecule has 92 valence electrons. The highest BCUT2D eigenvalue weighted by Gasteiger charge is 2.11. The molecule has 0 saturated heterocycles. The Morgan fingerprint density at radius 2 is 1.68 bits per heavy atom. The van der Waals surface area contributed by atoms with Gasteiger partial charge in [0.15, 0.2) is 5.82 Å². The number of aromatic nitrogens is 3. The van der Waals surface area contributed by atoms with Crippen molar-refractivity contribution in [3.63, 3.8) is 0 Å². The molecule has 2 aromatic heterocycles. The first-order chi connectivity index (χ1) is 9.34. The lowest BCUT2D eigenvalue weighted by molar-refractivity contribution is 0.0983. The summed E-state index contributed by atoms with van der Waals surface area (Å²) in [5.74, 6) is 0.167. The number of fused-ring (bicyclic) bond motifs is 1. The van der Waals surface area contributed by atoms with Crippen molar-refractivity contribution >= 4 is 16.7 Å². The van der Waals surface area contributed by atoms with Gasteiger partial charge in [-0.25, -0.2) is 9.97 Å². The number of carbonyl (C=O) groups excluding carboxylic acids is 1. The van der Waals surface area contributed by atoms with Gasteiger partial charge in [0.25, 0.3) is 0 Å². The van der Waals surface area contributed by atoms with E-state index in [0.717, 1.165) is 16.5 Å².